The van der Waals surface area contributed by atoms with E-state index >= 15 is 0 Å². The smallest absolute Gasteiger partial charge is 0.338 e. The van der Waals surface area contributed by atoms with E-state index in [-0.39, 0.29) is 12.5 Å². The number of rotatable bonds is 7. The van der Waals surface area contributed by atoms with E-state index < -0.39 is 12.1 Å². The Bertz CT molecular complexity index is 375. The summed E-state index contributed by atoms with van der Waals surface area (Å²) in [6.07, 6.45) is 0.858. The van der Waals surface area contributed by atoms with Gasteiger partial charge in [-0.3, -0.25) is 0 Å². The standard InChI is InChI=1S/C14H18O4/c1-11(13(16)8-5-9-15)10-18-14(17)12-6-3-2-4-7-12/h2-4,6-7,9,11,13,16H,5,8,10H2,1H3. The summed E-state index contributed by atoms with van der Waals surface area (Å²) in [7, 11) is 0. The molecule has 0 amide bonds. The van der Waals surface area contributed by atoms with Gasteiger partial charge in [-0.05, 0) is 18.6 Å². The van der Waals surface area contributed by atoms with Gasteiger partial charge >= 0.3 is 5.97 Å². The molecule has 0 bridgehead atoms. The minimum Gasteiger partial charge on any atom is -0.462 e. The second-order valence-electron chi connectivity index (χ2n) is 4.25. The lowest BCUT2D eigenvalue weighted by Crippen LogP contribution is -2.24. The molecule has 0 saturated carbocycles. The molecule has 1 aromatic carbocycles. The van der Waals surface area contributed by atoms with Crippen LogP contribution < -0.4 is 0 Å². The van der Waals surface area contributed by atoms with Crippen LogP contribution in [0.4, 0.5) is 0 Å². The molecular weight excluding hydrogens is 232 g/mol. The van der Waals surface area contributed by atoms with Crippen LogP contribution in [0.2, 0.25) is 0 Å². The maximum absolute atomic E-state index is 11.6. The molecule has 2 unspecified atom stereocenters. The molecule has 1 N–H and O–H groups in total. The number of esters is 1. The van der Waals surface area contributed by atoms with E-state index in [9.17, 15) is 14.7 Å². The highest BCUT2D eigenvalue weighted by Gasteiger charge is 2.16. The van der Waals surface area contributed by atoms with Crippen LogP contribution in [-0.4, -0.2) is 30.1 Å². The Hall–Kier alpha value is -1.68. The van der Waals surface area contributed by atoms with Crippen molar-refractivity contribution in [3.8, 4) is 0 Å². The van der Waals surface area contributed by atoms with Gasteiger partial charge in [0.2, 0.25) is 0 Å². The summed E-state index contributed by atoms with van der Waals surface area (Å²) >= 11 is 0. The van der Waals surface area contributed by atoms with Crippen molar-refractivity contribution >= 4 is 12.3 Å². The van der Waals surface area contributed by atoms with Gasteiger partial charge in [-0.1, -0.05) is 25.1 Å². The first kappa shape index (κ1) is 14.4. The number of carbonyl (C=O) groups excluding carboxylic acids is 2. The van der Waals surface area contributed by atoms with Crippen molar-refractivity contribution in [1.29, 1.82) is 0 Å². The molecule has 0 spiro atoms. The Labute approximate surface area is 107 Å². The second kappa shape index (κ2) is 7.61. The molecular formula is C14H18O4. The van der Waals surface area contributed by atoms with E-state index in [4.69, 9.17) is 4.74 Å². The highest BCUT2D eigenvalue weighted by atomic mass is 16.5. The highest BCUT2D eigenvalue weighted by molar-refractivity contribution is 5.89. The molecule has 2 atom stereocenters. The molecule has 1 rings (SSSR count). The van der Waals surface area contributed by atoms with Gasteiger partial charge < -0.3 is 14.6 Å². The minimum atomic E-state index is -0.626. The maximum Gasteiger partial charge on any atom is 0.338 e. The summed E-state index contributed by atoms with van der Waals surface area (Å²) in [4.78, 5) is 21.8. The quantitative estimate of drug-likeness (QED) is 0.592. The average Bonchev–Trinajstić information content (AvgIpc) is 2.42. The summed E-state index contributed by atoms with van der Waals surface area (Å²) < 4.78 is 5.10. The Morgan fingerprint density at radius 1 is 1.39 bits per heavy atom. The molecule has 98 valence electrons. The van der Waals surface area contributed by atoms with Crippen LogP contribution in [0.25, 0.3) is 0 Å². The SMILES string of the molecule is CC(COC(=O)c1ccccc1)C(O)CCC=O. The van der Waals surface area contributed by atoms with Crippen molar-refractivity contribution in [2.24, 2.45) is 5.92 Å². The number of hydrogen-bond donors (Lipinski definition) is 1. The lowest BCUT2D eigenvalue weighted by atomic mass is 10.0. The Balaban J connectivity index is 2.36. The minimum absolute atomic E-state index is 0.147. The van der Waals surface area contributed by atoms with Crippen LogP contribution >= 0.6 is 0 Å². The molecule has 0 saturated heterocycles. The Kier molecular flexibility index (Phi) is 6.08. The molecule has 0 fully saturated rings. The van der Waals surface area contributed by atoms with Crippen LogP contribution in [0, 0.1) is 5.92 Å². The first-order chi connectivity index (χ1) is 8.65. The summed E-state index contributed by atoms with van der Waals surface area (Å²) in [5.74, 6) is -0.581. The van der Waals surface area contributed by atoms with E-state index in [2.05, 4.69) is 0 Å². The van der Waals surface area contributed by atoms with Crippen molar-refractivity contribution in [2.45, 2.75) is 25.9 Å². The van der Waals surface area contributed by atoms with Crippen LogP contribution in [0.1, 0.15) is 30.1 Å². The van der Waals surface area contributed by atoms with Crippen molar-refractivity contribution in [3.05, 3.63) is 35.9 Å². The number of ether oxygens (including phenoxy) is 1. The fraction of sp³-hybridized carbons (Fsp3) is 0.429. The van der Waals surface area contributed by atoms with E-state index in [1.807, 2.05) is 6.07 Å². The predicted molar refractivity (Wildman–Crippen MR) is 67.2 cm³/mol. The average molecular weight is 250 g/mol. The van der Waals surface area contributed by atoms with Crippen LogP contribution in [0.15, 0.2) is 30.3 Å². The number of hydrogen-bond acceptors (Lipinski definition) is 4. The largest absolute Gasteiger partial charge is 0.462 e. The van der Waals surface area contributed by atoms with Gasteiger partial charge in [-0.25, -0.2) is 4.79 Å². The first-order valence-electron chi connectivity index (χ1n) is 5.99. The molecule has 0 aliphatic carbocycles. The van der Waals surface area contributed by atoms with E-state index in [0.29, 0.717) is 18.4 Å². The third kappa shape index (κ3) is 4.67. The number of aldehydes is 1. The summed E-state index contributed by atoms with van der Waals surface area (Å²) in [5, 5.41) is 9.68. The molecule has 18 heavy (non-hydrogen) atoms. The molecule has 4 heteroatoms. The lowest BCUT2D eigenvalue weighted by molar-refractivity contribution is -0.108. The Morgan fingerprint density at radius 2 is 2.06 bits per heavy atom. The Morgan fingerprint density at radius 3 is 2.67 bits per heavy atom. The zero-order valence-electron chi connectivity index (χ0n) is 10.4. The van der Waals surface area contributed by atoms with Gasteiger partial charge in [-0.15, -0.1) is 0 Å². The number of carbonyl (C=O) groups is 2. The van der Waals surface area contributed by atoms with Crippen LogP contribution in [0.3, 0.4) is 0 Å². The van der Waals surface area contributed by atoms with Crippen molar-refractivity contribution < 1.29 is 19.4 Å². The second-order valence-corrected chi connectivity index (χ2v) is 4.25. The molecule has 4 nitrogen and oxygen atoms in total. The van der Waals surface area contributed by atoms with E-state index in [1.165, 1.54) is 0 Å². The first-order valence-corrected chi connectivity index (χ1v) is 5.99. The van der Waals surface area contributed by atoms with Gasteiger partial charge in [0, 0.05) is 12.3 Å². The normalized spacial score (nSPS) is 13.7. The monoisotopic (exact) mass is 250 g/mol. The molecule has 1 aromatic rings. The van der Waals surface area contributed by atoms with Crippen molar-refractivity contribution in [2.75, 3.05) is 6.61 Å². The van der Waals surface area contributed by atoms with Crippen molar-refractivity contribution in [3.63, 3.8) is 0 Å². The van der Waals surface area contributed by atoms with Crippen molar-refractivity contribution in [1.82, 2.24) is 0 Å². The van der Waals surface area contributed by atoms with E-state index in [1.54, 1.807) is 31.2 Å². The fourth-order valence-corrected chi connectivity index (χ4v) is 1.50. The van der Waals surface area contributed by atoms with Crippen LogP contribution in [-0.2, 0) is 9.53 Å². The summed E-state index contributed by atoms with van der Waals surface area (Å²) in [5.41, 5.74) is 0.493. The molecule has 0 aromatic heterocycles. The fourth-order valence-electron chi connectivity index (χ4n) is 1.50. The number of aliphatic hydroxyl groups excluding tert-OH is 1. The van der Waals surface area contributed by atoms with Gasteiger partial charge in [0.05, 0.1) is 18.3 Å². The molecule has 0 radical (unpaired) electrons. The van der Waals surface area contributed by atoms with Gasteiger partial charge in [0.15, 0.2) is 0 Å². The van der Waals surface area contributed by atoms with Crippen LogP contribution in [0.5, 0.6) is 0 Å². The van der Waals surface area contributed by atoms with Gasteiger partial charge in [0.25, 0.3) is 0 Å². The number of benzene rings is 1. The molecule has 0 aliphatic rings. The molecule has 0 heterocycles. The summed E-state index contributed by atoms with van der Waals surface area (Å²) in [6.45, 7) is 1.93. The predicted octanol–water partition coefficient (Wildman–Crippen LogP) is 1.82. The highest BCUT2D eigenvalue weighted by Crippen LogP contribution is 2.10. The third-order valence-corrected chi connectivity index (χ3v) is 2.72. The molecule has 0 aliphatic heterocycles. The number of aliphatic hydroxyl groups is 1. The lowest BCUT2D eigenvalue weighted by Gasteiger charge is -2.17. The van der Waals surface area contributed by atoms with Gasteiger partial charge in [-0.2, -0.15) is 0 Å². The summed E-state index contributed by atoms with van der Waals surface area (Å²) in [6, 6.07) is 8.70. The maximum atomic E-state index is 11.6. The van der Waals surface area contributed by atoms with E-state index in [0.717, 1.165) is 6.29 Å². The topological polar surface area (TPSA) is 63.6 Å². The third-order valence-electron chi connectivity index (χ3n) is 2.72. The zero-order valence-corrected chi connectivity index (χ0v) is 10.4. The van der Waals surface area contributed by atoms with Gasteiger partial charge in [0.1, 0.15) is 6.29 Å². The zero-order chi connectivity index (χ0) is 13.4.